The Morgan fingerprint density at radius 3 is 2.45 bits per heavy atom. The first-order valence-corrected chi connectivity index (χ1v) is 3.55. The molecule has 0 aliphatic rings. The number of rotatable bonds is 0. The van der Waals surface area contributed by atoms with Crippen LogP contribution in [0.4, 0.5) is 5.69 Å². The Balaban J connectivity index is 3.35. The second-order valence-electron chi connectivity index (χ2n) is 1.97. The number of nitrogens with zero attached hydrogens (tertiary/aromatic N) is 1. The third-order valence-corrected chi connectivity index (χ3v) is 1.85. The quantitative estimate of drug-likeness (QED) is 0.634. The van der Waals surface area contributed by atoms with Gasteiger partial charge in [-0.1, -0.05) is 23.2 Å². The molecule has 0 atom stereocenters. The third kappa shape index (κ3) is 1.56. The van der Waals surface area contributed by atoms with Gasteiger partial charge in [-0.25, -0.2) is 0 Å². The predicted molar refractivity (Wildman–Crippen MR) is 45.6 cm³/mol. The summed E-state index contributed by atoms with van der Waals surface area (Å²) in [6.45, 7) is 0. The van der Waals surface area contributed by atoms with Gasteiger partial charge in [0.1, 0.15) is 6.07 Å². The lowest BCUT2D eigenvalue weighted by Crippen LogP contribution is -1.88. The van der Waals surface area contributed by atoms with Crippen molar-refractivity contribution in [3.8, 4) is 6.07 Å². The number of benzene rings is 1. The van der Waals surface area contributed by atoms with E-state index in [0.29, 0.717) is 21.3 Å². The molecular weight excluding hydrogens is 183 g/mol. The van der Waals surface area contributed by atoms with Gasteiger partial charge in [-0.15, -0.1) is 0 Å². The Hall–Kier alpha value is -0.910. The number of nitrogen functional groups attached to an aromatic ring is 1. The molecule has 0 heterocycles. The summed E-state index contributed by atoms with van der Waals surface area (Å²) in [5, 5.41) is 9.20. The molecule has 0 amide bonds. The van der Waals surface area contributed by atoms with Crippen LogP contribution in [-0.4, -0.2) is 0 Å². The maximum absolute atomic E-state index is 8.50. The lowest BCUT2D eigenvalue weighted by atomic mass is 10.2. The van der Waals surface area contributed by atoms with Crippen molar-refractivity contribution in [1.29, 1.82) is 5.26 Å². The number of hydrogen-bond acceptors (Lipinski definition) is 2. The Morgan fingerprint density at radius 1 is 1.27 bits per heavy atom. The van der Waals surface area contributed by atoms with Crippen LogP contribution in [0, 0.1) is 11.3 Å². The SMILES string of the molecule is N#Cc1cc(N)c(Cl)cc1Cl. The van der Waals surface area contributed by atoms with E-state index in [2.05, 4.69) is 0 Å². The molecule has 0 unspecified atom stereocenters. The van der Waals surface area contributed by atoms with Gasteiger partial charge in [0.2, 0.25) is 0 Å². The van der Waals surface area contributed by atoms with Crippen LogP contribution in [0.25, 0.3) is 0 Å². The topological polar surface area (TPSA) is 49.8 Å². The monoisotopic (exact) mass is 186 g/mol. The zero-order chi connectivity index (χ0) is 8.43. The first kappa shape index (κ1) is 8.19. The van der Waals surface area contributed by atoms with E-state index < -0.39 is 0 Å². The maximum atomic E-state index is 8.50. The number of hydrogen-bond donors (Lipinski definition) is 1. The van der Waals surface area contributed by atoms with Gasteiger partial charge >= 0.3 is 0 Å². The molecule has 0 fully saturated rings. The summed E-state index contributed by atoms with van der Waals surface area (Å²) in [7, 11) is 0. The Labute approximate surface area is 74.1 Å². The Kier molecular flexibility index (Phi) is 2.23. The minimum absolute atomic E-state index is 0.326. The minimum atomic E-state index is 0.326. The Morgan fingerprint density at radius 2 is 1.91 bits per heavy atom. The molecule has 2 N–H and O–H groups in total. The van der Waals surface area contributed by atoms with E-state index in [1.165, 1.54) is 12.1 Å². The first-order chi connectivity index (χ1) is 5.15. The van der Waals surface area contributed by atoms with Crippen LogP contribution < -0.4 is 5.73 Å². The Bertz CT molecular complexity index is 328. The van der Waals surface area contributed by atoms with Gasteiger partial charge in [0, 0.05) is 0 Å². The molecule has 0 aliphatic carbocycles. The summed E-state index contributed by atoms with van der Waals surface area (Å²) in [5.41, 5.74) is 6.13. The number of nitrogens with two attached hydrogens (primary N) is 1. The summed E-state index contributed by atoms with van der Waals surface area (Å²) in [5.74, 6) is 0. The van der Waals surface area contributed by atoms with E-state index >= 15 is 0 Å². The van der Waals surface area contributed by atoms with E-state index in [9.17, 15) is 0 Å². The molecule has 11 heavy (non-hydrogen) atoms. The van der Waals surface area contributed by atoms with Gasteiger partial charge in [-0.05, 0) is 12.1 Å². The van der Waals surface area contributed by atoms with Crippen LogP contribution in [0.3, 0.4) is 0 Å². The molecule has 4 heteroatoms. The molecular formula is C7H4Cl2N2. The summed E-state index contributed by atoms with van der Waals surface area (Å²) < 4.78 is 0. The van der Waals surface area contributed by atoms with Crippen molar-refractivity contribution in [3.63, 3.8) is 0 Å². The van der Waals surface area contributed by atoms with Crippen molar-refractivity contribution in [3.05, 3.63) is 27.7 Å². The van der Waals surface area contributed by atoms with Crippen molar-refractivity contribution < 1.29 is 0 Å². The van der Waals surface area contributed by atoms with Crippen LogP contribution >= 0.6 is 23.2 Å². The standard InChI is InChI=1S/C7H4Cl2N2/c8-5-2-6(9)7(11)1-4(5)3-10/h1-2H,11H2. The molecule has 56 valence electrons. The van der Waals surface area contributed by atoms with Gasteiger partial charge in [0.15, 0.2) is 0 Å². The molecule has 0 bridgehead atoms. The fourth-order valence-electron chi connectivity index (χ4n) is 0.651. The molecule has 0 spiro atoms. The lowest BCUT2D eigenvalue weighted by Gasteiger charge is -1.98. The van der Waals surface area contributed by atoms with E-state index in [1.807, 2.05) is 6.07 Å². The molecule has 1 rings (SSSR count). The number of nitriles is 1. The molecule has 1 aromatic carbocycles. The number of anilines is 1. The summed E-state index contributed by atoms with van der Waals surface area (Å²) >= 11 is 11.3. The van der Waals surface area contributed by atoms with E-state index in [1.54, 1.807) is 0 Å². The summed E-state index contributed by atoms with van der Waals surface area (Å²) in [6.07, 6.45) is 0. The minimum Gasteiger partial charge on any atom is -0.397 e. The molecule has 0 aliphatic heterocycles. The molecule has 2 nitrogen and oxygen atoms in total. The molecule has 0 aromatic heterocycles. The van der Waals surface area contributed by atoms with E-state index in [-0.39, 0.29) is 0 Å². The van der Waals surface area contributed by atoms with Crippen LogP contribution in [0.15, 0.2) is 12.1 Å². The van der Waals surface area contributed by atoms with Crippen molar-refractivity contribution in [2.75, 3.05) is 5.73 Å². The van der Waals surface area contributed by atoms with Gasteiger partial charge in [0.25, 0.3) is 0 Å². The van der Waals surface area contributed by atoms with Crippen molar-refractivity contribution >= 4 is 28.9 Å². The fourth-order valence-corrected chi connectivity index (χ4v) is 1.08. The second-order valence-corrected chi connectivity index (χ2v) is 2.78. The average Bonchev–Trinajstić information content (AvgIpc) is 1.97. The smallest absolute Gasteiger partial charge is 0.101 e. The highest BCUT2D eigenvalue weighted by molar-refractivity contribution is 6.36. The predicted octanol–water partition coefficient (Wildman–Crippen LogP) is 2.45. The second kappa shape index (κ2) is 3.00. The molecule has 1 aromatic rings. The van der Waals surface area contributed by atoms with Crippen LogP contribution in [0.5, 0.6) is 0 Å². The largest absolute Gasteiger partial charge is 0.397 e. The number of halogens is 2. The molecule has 0 saturated heterocycles. The maximum Gasteiger partial charge on any atom is 0.101 e. The summed E-state index contributed by atoms with van der Waals surface area (Å²) in [4.78, 5) is 0. The normalized spacial score (nSPS) is 9.18. The van der Waals surface area contributed by atoms with Crippen molar-refractivity contribution in [2.45, 2.75) is 0 Å². The zero-order valence-corrected chi connectivity index (χ0v) is 6.95. The summed E-state index contributed by atoms with van der Waals surface area (Å²) in [6, 6.07) is 4.80. The fraction of sp³-hybridized carbons (Fsp3) is 0. The van der Waals surface area contributed by atoms with Crippen LogP contribution in [0.1, 0.15) is 5.56 Å². The van der Waals surface area contributed by atoms with Gasteiger partial charge in [-0.3, -0.25) is 0 Å². The molecule has 0 saturated carbocycles. The zero-order valence-electron chi connectivity index (χ0n) is 5.44. The highest BCUT2D eigenvalue weighted by atomic mass is 35.5. The highest BCUT2D eigenvalue weighted by Gasteiger charge is 2.03. The van der Waals surface area contributed by atoms with Crippen molar-refractivity contribution in [2.24, 2.45) is 0 Å². The highest BCUT2D eigenvalue weighted by Crippen LogP contribution is 2.26. The van der Waals surface area contributed by atoms with Gasteiger partial charge < -0.3 is 5.73 Å². The van der Waals surface area contributed by atoms with E-state index in [0.717, 1.165) is 0 Å². The van der Waals surface area contributed by atoms with Crippen molar-refractivity contribution in [1.82, 2.24) is 0 Å². The van der Waals surface area contributed by atoms with Gasteiger partial charge in [0.05, 0.1) is 21.3 Å². The third-order valence-electron chi connectivity index (χ3n) is 1.21. The van der Waals surface area contributed by atoms with E-state index in [4.69, 9.17) is 34.2 Å². The lowest BCUT2D eigenvalue weighted by molar-refractivity contribution is 1.48. The van der Waals surface area contributed by atoms with Crippen LogP contribution in [0.2, 0.25) is 10.0 Å². The average molecular weight is 187 g/mol. The first-order valence-electron chi connectivity index (χ1n) is 2.79. The molecule has 0 radical (unpaired) electrons. The van der Waals surface area contributed by atoms with Crippen LogP contribution in [-0.2, 0) is 0 Å². The van der Waals surface area contributed by atoms with Gasteiger partial charge in [-0.2, -0.15) is 5.26 Å².